The van der Waals surface area contributed by atoms with E-state index in [4.69, 9.17) is 9.15 Å². The van der Waals surface area contributed by atoms with Crippen LogP contribution in [-0.4, -0.2) is 24.0 Å². The number of esters is 2. The normalized spacial score (nSPS) is 10.6. The minimum atomic E-state index is -0.427. The van der Waals surface area contributed by atoms with Gasteiger partial charge in [-0.15, -0.1) is 0 Å². The number of hydrogen-bond acceptors (Lipinski definition) is 6. The third kappa shape index (κ3) is 4.23. The van der Waals surface area contributed by atoms with E-state index in [0.29, 0.717) is 23.5 Å². The molecule has 0 unspecified atom stereocenters. The largest absolute Gasteiger partial charge is 0.465 e. The van der Waals surface area contributed by atoms with Crippen LogP contribution >= 0.6 is 0 Å². The lowest BCUT2D eigenvalue weighted by atomic mass is 10.1. The lowest BCUT2D eigenvalue weighted by Gasteiger charge is -2.06. The van der Waals surface area contributed by atoms with Crippen molar-refractivity contribution in [2.24, 2.45) is 0 Å². The van der Waals surface area contributed by atoms with Crippen molar-refractivity contribution in [1.82, 2.24) is 4.98 Å². The third-order valence-corrected chi connectivity index (χ3v) is 3.63. The number of ether oxygens (including phenoxy) is 2. The fraction of sp³-hybridized carbons (Fsp3) is 0.211. The molecule has 128 valence electrons. The molecule has 1 heterocycles. The first-order valence-electron chi connectivity index (χ1n) is 7.83. The molecule has 0 aliphatic heterocycles. The van der Waals surface area contributed by atoms with Crippen LogP contribution in [0.25, 0.3) is 11.1 Å². The van der Waals surface area contributed by atoms with Crippen molar-refractivity contribution in [3.8, 4) is 0 Å². The fourth-order valence-electron chi connectivity index (χ4n) is 2.38. The number of carbonyl (C=O) groups is 2. The molecule has 0 aliphatic rings. The van der Waals surface area contributed by atoms with E-state index >= 15 is 0 Å². The van der Waals surface area contributed by atoms with E-state index in [1.54, 1.807) is 24.3 Å². The van der Waals surface area contributed by atoms with Gasteiger partial charge in [0.25, 0.3) is 0 Å². The summed E-state index contributed by atoms with van der Waals surface area (Å²) in [5, 5.41) is 0. The number of aryl methyl sites for hydroxylation is 1. The molecule has 6 nitrogen and oxygen atoms in total. The Morgan fingerprint density at radius 2 is 1.96 bits per heavy atom. The van der Waals surface area contributed by atoms with Gasteiger partial charge in [-0.05, 0) is 29.8 Å². The zero-order chi connectivity index (χ0) is 17.6. The van der Waals surface area contributed by atoms with Crippen molar-refractivity contribution in [2.75, 3.05) is 7.11 Å². The summed E-state index contributed by atoms with van der Waals surface area (Å²) in [6.07, 6.45) is 0.541. The molecule has 0 aliphatic carbocycles. The first-order chi connectivity index (χ1) is 12.2. The lowest BCUT2D eigenvalue weighted by Crippen LogP contribution is -2.07. The number of carbonyl (C=O) groups excluding carboxylic acids is 2. The van der Waals surface area contributed by atoms with Crippen LogP contribution < -0.4 is 0 Å². The number of oxazole rings is 1. The summed E-state index contributed by atoms with van der Waals surface area (Å²) in [6, 6.07) is 14.2. The maximum absolute atomic E-state index is 11.9. The van der Waals surface area contributed by atoms with Crippen molar-refractivity contribution in [2.45, 2.75) is 19.4 Å². The summed E-state index contributed by atoms with van der Waals surface area (Å²) in [6.45, 7) is 0.0945. The summed E-state index contributed by atoms with van der Waals surface area (Å²) in [5.41, 5.74) is 2.61. The average Bonchev–Trinajstić information content (AvgIpc) is 3.07. The number of nitrogens with zero attached hydrogens (tertiary/aromatic N) is 1. The molecule has 6 heteroatoms. The van der Waals surface area contributed by atoms with Gasteiger partial charge < -0.3 is 13.9 Å². The zero-order valence-corrected chi connectivity index (χ0v) is 13.7. The van der Waals surface area contributed by atoms with Crippen LogP contribution in [0, 0.1) is 0 Å². The van der Waals surface area contributed by atoms with E-state index in [1.807, 2.05) is 24.3 Å². The Kier molecular flexibility index (Phi) is 5.09. The highest BCUT2D eigenvalue weighted by molar-refractivity contribution is 5.89. The maximum atomic E-state index is 11.9. The Hall–Kier alpha value is -3.15. The quantitative estimate of drug-likeness (QED) is 0.641. The summed E-state index contributed by atoms with van der Waals surface area (Å²) in [5.74, 6) is -0.277. The van der Waals surface area contributed by atoms with Gasteiger partial charge in [-0.3, -0.25) is 4.79 Å². The summed E-state index contributed by atoms with van der Waals surface area (Å²) in [4.78, 5) is 27.7. The minimum Gasteiger partial charge on any atom is -0.465 e. The van der Waals surface area contributed by atoms with Gasteiger partial charge in [-0.25, -0.2) is 9.78 Å². The van der Waals surface area contributed by atoms with Gasteiger partial charge in [0.15, 0.2) is 11.5 Å². The molecule has 1 aromatic heterocycles. The number of benzene rings is 2. The first kappa shape index (κ1) is 16.7. The standard InChI is InChI=1S/C19H17NO5/c1-23-19(22)14-6-4-5-13(11-14)12-24-18(21)10-9-17-20-15-7-2-3-8-16(15)25-17/h2-8,11H,9-10,12H2,1H3. The second-order valence-corrected chi connectivity index (χ2v) is 5.43. The van der Waals surface area contributed by atoms with E-state index in [0.717, 1.165) is 11.1 Å². The molecule has 2 aromatic carbocycles. The van der Waals surface area contributed by atoms with E-state index in [9.17, 15) is 9.59 Å². The second-order valence-electron chi connectivity index (χ2n) is 5.43. The molecule has 0 bridgehead atoms. The molecule has 0 spiro atoms. The summed E-state index contributed by atoms with van der Waals surface area (Å²) >= 11 is 0. The first-order valence-corrected chi connectivity index (χ1v) is 7.83. The maximum Gasteiger partial charge on any atom is 0.337 e. The Bertz CT molecular complexity index is 866. The van der Waals surface area contributed by atoms with E-state index in [-0.39, 0.29) is 19.0 Å². The van der Waals surface area contributed by atoms with Gasteiger partial charge in [-0.2, -0.15) is 0 Å². The number of aromatic nitrogens is 1. The molecule has 0 saturated carbocycles. The van der Waals surface area contributed by atoms with Gasteiger partial charge in [0.2, 0.25) is 0 Å². The number of rotatable bonds is 6. The molecule has 3 aromatic rings. The van der Waals surface area contributed by atoms with Crippen molar-refractivity contribution in [3.05, 3.63) is 65.5 Å². The fourth-order valence-corrected chi connectivity index (χ4v) is 2.38. The molecule has 0 radical (unpaired) electrons. The van der Waals surface area contributed by atoms with Gasteiger partial charge in [0.05, 0.1) is 19.1 Å². The molecule has 0 atom stereocenters. The van der Waals surface area contributed by atoms with Crippen molar-refractivity contribution in [3.63, 3.8) is 0 Å². The number of methoxy groups -OCH3 is 1. The van der Waals surface area contributed by atoms with Crippen LogP contribution in [0.1, 0.15) is 28.2 Å². The predicted octanol–water partition coefficient (Wildman–Crippen LogP) is 3.29. The van der Waals surface area contributed by atoms with Crippen molar-refractivity contribution < 1.29 is 23.5 Å². The van der Waals surface area contributed by atoms with Crippen LogP contribution in [0.15, 0.2) is 52.9 Å². The third-order valence-electron chi connectivity index (χ3n) is 3.63. The summed E-state index contributed by atoms with van der Waals surface area (Å²) < 4.78 is 15.5. The van der Waals surface area contributed by atoms with Crippen LogP contribution in [-0.2, 0) is 27.3 Å². The predicted molar refractivity (Wildman–Crippen MR) is 89.9 cm³/mol. The number of hydrogen-bond donors (Lipinski definition) is 0. The molecule has 0 N–H and O–H groups in total. The van der Waals surface area contributed by atoms with Crippen molar-refractivity contribution in [1.29, 1.82) is 0 Å². The summed E-state index contributed by atoms with van der Waals surface area (Å²) in [7, 11) is 1.32. The number of para-hydroxylation sites is 2. The Labute approximate surface area is 144 Å². The molecule has 0 fully saturated rings. The molecule has 0 saturated heterocycles. The second kappa shape index (κ2) is 7.61. The molecular weight excluding hydrogens is 322 g/mol. The highest BCUT2D eigenvalue weighted by atomic mass is 16.5. The van der Waals surface area contributed by atoms with E-state index < -0.39 is 5.97 Å². The molecule has 25 heavy (non-hydrogen) atoms. The van der Waals surface area contributed by atoms with Crippen molar-refractivity contribution >= 4 is 23.0 Å². The van der Waals surface area contributed by atoms with E-state index in [2.05, 4.69) is 9.72 Å². The topological polar surface area (TPSA) is 78.6 Å². The smallest absolute Gasteiger partial charge is 0.337 e. The van der Waals surface area contributed by atoms with Gasteiger partial charge in [0, 0.05) is 6.42 Å². The van der Waals surface area contributed by atoms with Gasteiger partial charge in [-0.1, -0.05) is 24.3 Å². The van der Waals surface area contributed by atoms with Gasteiger partial charge >= 0.3 is 11.9 Å². The van der Waals surface area contributed by atoms with Crippen LogP contribution in [0.5, 0.6) is 0 Å². The number of fused-ring (bicyclic) bond motifs is 1. The monoisotopic (exact) mass is 339 g/mol. The molecular formula is C19H17NO5. The minimum absolute atomic E-state index is 0.0945. The van der Waals surface area contributed by atoms with Crippen LogP contribution in [0.4, 0.5) is 0 Å². The Balaban J connectivity index is 1.52. The van der Waals surface area contributed by atoms with E-state index in [1.165, 1.54) is 7.11 Å². The highest BCUT2D eigenvalue weighted by Crippen LogP contribution is 2.16. The highest BCUT2D eigenvalue weighted by Gasteiger charge is 2.10. The molecule has 0 amide bonds. The van der Waals surface area contributed by atoms with Crippen LogP contribution in [0.2, 0.25) is 0 Å². The zero-order valence-electron chi connectivity index (χ0n) is 13.7. The lowest BCUT2D eigenvalue weighted by molar-refractivity contribution is -0.145. The van der Waals surface area contributed by atoms with Gasteiger partial charge in [0.1, 0.15) is 12.1 Å². The Morgan fingerprint density at radius 1 is 1.12 bits per heavy atom. The Morgan fingerprint density at radius 3 is 2.76 bits per heavy atom. The molecule has 3 rings (SSSR count). The SMILES string of the molecule is COC(=O)c1cccc(COC(=O)CCc2nc3ccccc3o2)c1. The average molecular weight is 339 g/mol. The van der Waals surface area contributed by atoms with Crippen LogP contribution in [0.3, 0.4) is 0 Å².